The number of aromatic nitrogens is 5. The Morgan fingerprint density at radius 1 is 1.00 bits per heavy atom. The lowest BCUT2D eigenvalue weighted by molar-refractivity contribution is 0.0883. The third-order valence-electron chi connectivity index (χ3n) is 7.19. The van der Waals surface area contributed by atoms with Gasteiger partial charge in [-0.25, -0.2) is 37.5 Å². The van der Waals surface area contributed by atoms with Gasteiger partial charge >= 0.3 is 0 Å². The topological polar surface area (TPSA) is 75.0 Å². The minimum Gasteiger partial charge on any atom is -0.319 e. The van der Waals surface area contributed by atoms with Gasteiger partial charge in [0.15, 0.2) is 11.6 Å². The van der Waals surface area contributed by atoms with Crippen molar-refractivity contribution >= 4 is 22.8 Å². The van der Waals surface area contributed by atoms with E-state index in [1.165, 1.54) is 10.6 Å². The molecule has 1 aromatic carbocycles. The summed E-state index contributed by atoms with van der Waals surface area (Å²) < 4.78 is 58.3. The Labute approximate surface area is 216 Å². The fraction of sp³-hybridized carbons (Fsp3) is 0.385. The van der Waals surface area contributed by atoms with Crippen molar-refractivity contribution in [2.75, 3.05) is 38.5 Å². The lowest BCUT2D eigenvalue weighted by Crippen LogP contribution is -2.43. The zero-order valence-electron chi connectivity index (χ0n) is 20.7. The number of pyridine rings is 1. The second-order valence-electron chi connectivity index (χ2n) is 9.81. The van der Waals surface area contributed by atoms with Crippen LogP contribution in [0.15, 0.2) is 36.7 Å². The summed E-state index contributed by atoms with van der Waals surface area (Å²) >= 11 is 0. The third-order valence-corrected chi connectivity index (χ3v) is 7.19. The first-order valence-electron chi connectivity index (χ1n) is 12.5. The van der Waals surface area contributed by atoms with E-state index in [4.69, 9.17) is 0 Å². The summed E-state index contributed by atoms with van der Waals surface area (Å²) in [5, 5.41) is 2.96. The first-order chi connectivity index (χ1) is 18.4. The second kappa shape index (κ2) is 9.91. The minimum absolute atomic E-state index is 0.0113. The van der Waals surface area contributed by atoms with E-state index < -0.39 is 24.1 Å². The highest BCUT2D eigenvalue weighted by molar-refractivity contribution is 5.83. The van der Waals surface area contributed by atoms with Crippen LogP contribution in [0.25, 0.3) is 22.3 Å². The summed E-state index contributed by atoms with van der Waals surface area (Å²) in [4.78, 5) is 21.5. The van der Waals surface area contributed by atoms with Gasteiger partial charge in [0.25, 0.3) is 6.43 Å². The zero-order chi connectivity index (χ0) is 26.4. The molecular formula is C26H26F4N8. The van der Waals surface area contributed by atoms with Gasteiger partial charge in [0.2, 0.25) is 5.95 Å². The molecule has 6 rings (SSSR count). The number of piperazine rings is 1. The number of halogens is 4. The van der Waals surface area contributed by atoms with Crippen molar-refractivity contribution in [1.82, 2.24) is 34.3 Å². The van der Waals surface area contributed by atoms with Gasteiger partial charge in [-0.15, -0.1) is 0 Å². The highest BCUT2D eigenvalue weighted by Gasteiger charge is 2.33. The number of benzene rings is 1. The summed E-state index contributed by atoms with van der Waals surface area (Å²) in [6.45, 7) is 4.87. The SMILES string of the molecule is CN1CCN(Cc2ccc(Nc3ncc(F)c(-c4cc(F)c5nc6n(c5c4)[C@H](C(F)F)CC6)n3)nc2)CC1. The number of rotatable bonds is 6. The molecule has 0 radical (unpaired) electrons. The van der Waals surface area contributed by atoms with Gasteiger partial charge in [0.05, 0.1) is 17.8 Å². The fourth-order valence-corrected chi connectivity index (χ4v) is 5.13. The quantitative estimate of drug-likeness (QED) is 0.373. The van der Waals surface area contributed by atoms with Crippen molar-refractivity contribution in [2.24, 2.45) is 0 Å². The average Bonchev–Trinajstić information content (AvgIpc) is 3.48. The van der Waals surface area contributed by atoms with Crippen LogP contribution in [0.4, 0.5) is 29.3 Å². The number of aryl methyl sites for hydroxylation is 1. The monoisotopic (exact) mass is 526 g/mol. The van der Waals surface area contributed by atoms with Crippen molar-refractivity contribution in [3.05, 3.63) is 59.7 Å². The van der Waals surface area contributed by atoms with Crippen LogP contribution >= 0.6 is 0 Å². The van der Waals surface area contributed by atoms with Crippen LogP contribution in [-0.2, 0) is 13.0 Å². The lowest BCUT2D eigenvalue weighted by atomic mass is 10.1. The van der Waals surface area contributed by atoms with E-state index >= 15 is 0 Å². The Bertz CT molecular complexity index is 1460. The number of nitrogens with zero attached hydrogens (tertiary/aromatic N) is 7. The Balaban J connectivity index is 1.24. The minimum atomic E-state index is -2.62. The molecule has 8 nitrogen and oxygen atoms in total. The third kappa shape index (κ3) is 4.69. The molecule has 2 aliphatic heterocycles. The van der Waals surface area contributed by atoms with Gasteiger partial charge in [0.1, 0.15) is 22.9 Å². The van der Waals surface area contributed by atoms with E-state index in [1.807, 2.05) is 6.07 Å². The summed E-state index contributed by atoms with van der Waals surface area (Å²) in [7, 11) is 2.11. The molecule has 2 aliphatic rings. The number of nitrogens with one attached hydrogen (secondary N) is 1. The van der Waals surface area contributed by atoms with Gasteiger partial charge in [-0.1, -0.05) is 6.07 Å². The zero-order valence-corrected chi connectivity index (χ0v) is 20.7. The van der Waals surface area contributed by atoms with Gasteiger partial charge < -0.3 is 14.8 Å². The standard InChI is InChI=1S/C26H26F4N8/c1-36-6-8-37(9-7-36)14-15-2-4-21(31-12-15)33-26-32-13-18(28)23(35-26)16-10-17(27)24-20(11-16)38-19(25(29)30)3-5-22(38)34-24/h2,4,10-13,19,25H,3,5-9,14H2,1H3,(H,31,32,33,35)/t19-/m0/s1. The number of fused-ring (bicyclic) bond motifs is 3. The largest absolute Gasteiger partial charge is 0.319 e. The van der Waals surface area contributed by atoms with Gasteiger partial charge in [-0.05, 0) is 37.2 Å². The van der Waals surface area contributed by atoms with Crippen molar-refractivity contribution in [2.45, 2.75) is 31.9 Å². The maximum atomic E-state index is 15.0. The van der Waals surface area contributed by atoms with E-state index in [0.717, 1.165) is 50.6 Å². The smallest absolute Gasteiger partial charge is 0.259 e. The molecule has 0 saturated carbocycles. The Hall–Kier alpha value is -3.64. The number of alkyl halides is 2. The molecule has 0 aliphatic carbocycles. The van der Waals surface area contributed by atoms with Crippen LogP contribution in [0.5, 0.6) is 0 Å². The number of hydrogen-bond acceptors (Lipinski definition) is 7. The molecular weight excluding hydrogens is 500 g/mol. The van der Waals surface area contributed by atoms with Gasteiger partial charge in [0, 0.05) is 50.9 Å². The molecule has 38 heavy (non-hydrogen) atoms. The summed E-state index contributed by atoms with van der Waals surface area (Å²) in [6, 6.07) is 5.23. The molecule has 1 N–H and O–H groups in total. The molecule has 1 fully saturated rings. The van der Waals surface area contributed by atoms with Crippen molar-refractivity contribution in [3.63, 3.8) is 0 Å². The fourth-order valence-electron chi connectivity index (χ4n) is 5.13. The maximum Gasteiger partial charge on any atom is 0.259 e. The first-order valence-corrected chi connectivity index (χ1v) is 12.5. The maximum absolute atomic E-state index is 15.0. The molecule has 5 heterocycles. The summed E-state index contributed by atoms with van der Waals surface area (Å²) in [5.41, 5.74) is 1.21. The molecule has 1 atom stereocenters. The van der Waals surface area contributed by atoms with E-state index in [2.05, 4.69) is 42.1 Å². The van der Waals surface area contributed by atoms with E-state index in [-0.39, 0.29) is 34.7 Å². The molecule has 198 valence electrons. The summed E-state index contributed by atoms with van der Waals surface area (Å²) in [6.07, 6.45) is 0.687. The van der Waals surface area contributed by atoms with Crippen LogP contribution < -0.4 is 5.32 Å². The highest BCUT2D eigenvalue weighted by Crippen LogP contribution is 2.37. The first kappa shape index (κ1) is 24.7. The molecule has 3 aromatic heterocycles. The molecule has 0 amide bonds. The lowest BCUT2D eigenvalue weighted by Gasteiger charge is -2.32. The Morgan fingerprint density at radius 2 is 1.82 bits per heavy atom. The molecule has 12 heteroatoms. The Morgan fingerprint density at radius 3 is 2.55 bits per heavy atom. The number of anilines is 2. The predicted octanol–water partition coefficient (Wildman–Crippen LogP) is 4.41. The van der Waals surface area contributed by atoms with Crippen LogP contribution in [0.2, 0.25) is 0 Å². The van der Waals surface area contributed by atoms with Gasteiger partial charge in [-0.3, -0.25) is 4.90 Å². The van der Waals surface area contributed by atoms with Crippen LogP contribution in [-0.4, -0.2) is 74.0 Å². The molecule has 4 aromatic rings. The van der Waals surface area contributed by atoms with E-state index in [1.54, 1.807) is 12.3 Å². The van der Waals surface area contributed by atoms with Crippen molar-refractivity contribution in [1.29, 1.82) is 0 Å². The number of likely N-dealkylation sites (N-methyl/N-ethyl adjacent to an activating group) is 1. The highest BCUT2D eigenvalue weighted by atomic mass is 19.3. The van der Waals surface area contributed by atoms with Crippen LogP contribution in [0.1, 0.15) is 23.9 Å². The summed E-state index contributed by atoms with van der Waals surface area (Å²) in [5.74, 6) is -0.548. The Kier molecular flexibility index (Phi) is 6.44. The molecule has 1 saturated heterocycles. The van der Waals surface area contributed by atoms with Gasteiger partial charge in [-0.2, -0.15) is 0 Å². The van der Waals surface area contributed by atoms with Crippen LogP contribution in [0, 0.1) is 11.6 Å². The number of imidazole rings is 1. The molecule has 0 bridgehead atoms. The second-order valence-corrected chi connectivity index (χ2v) is 9.81. The predicted molar refractivity (Wildman–Crippen MR) is 134 cm³/mol. The van der Waals surface area contributed by atoms with E-state index in [0.29, 0.717) is 18.1 Å². The number of hydrogen-bond donors (Lipinski definition) is 1. The van der Waals surface area contributed by atoms with E-state index in [9.17, 15) is 17.6 Å². The average molecular weight is 527 g/mol. The van der Waals surface area contributed by atoms with Crippen molar-refractivity contribution in [3.8, 4) is 11.3 Å². The molecule has 0 spiro atoms. The van der Waals surface area contributed by atoms with Crippen LogP contribution in [0.3, 0.4) is 0 Å². The molecule has 0 unspecified atom stereocenters. The van der Waals surface area contributed by atoms with Crippen molar-refractivity contribution < 1.29 is 17.6 Å². The normalized spacial score (nSPS) is 18.4.